The van der Waals surface area contributed by atoms with Crippen LogP contribution in [-0.4, -0.2) is 28.3 Å². The van der Waals surface area contributed by atoms with E-state index in [2.05, 4.69) is 5.32 Å². The first kappa shape index (κ1) is 22.7. The number of carbonyl (C=O) groups excluding carboxylic acids is 1. The van der Waals surface area contributed by atoms with Crippen LogP contribution in [-0.2, 0) is 24.2 Å². The van der Waals surface area contributed by atoms with E-state index in [4.69, 9.17) is 9.72 Å². The number of fused-ring (bicyclic) bond motifs is 3. The van der Waals surface area contributed by atoms with Crippen LogP contribution in [0.5, 0.6) is 5.75 Å². The maximum Gasteiger partial charge on any atom is 0.267 e. The molecule has 1 N–H and O–H groups in total. The van der Waals surface area contributed by atoms with Gasteiger partial charge in [-0.25, -0.2) is 4.98 Å². The number of nitrogens with zero attached hydrogens (tertiary/aromatic N) is 2. The number of para-hydroxylation sites is 2. The number of rotatable bonds is 7. The molecule has 1 amide bonds. The minimum absolute atomic E-state index is 0.0962. The van der Waals surface area contributed by atoms with E-state index in [-0.39, 0.29) is 17.2 Å². The van der Waals surface area contributed by atoms with Gasteiger partial charge in [-0.2, -0.15) is 0 Å². The molecule has 6 nitrogen and oxygen atoms in total. The molecule has 0 unspecified atom stereocenters. The molecule has 2 aromatic heterocycles. The maximum atomic E-state index is 13.9. The molecular formula is C26H25N3O3S2. The number of thiophene rings is 1. The van der Waals surface area contributed by atoms with Crippen molar-refractivity contribution in [3.63, 3.8) is 0 Å². The van der Waals surface area contributed by atoms with E-state index in [1.165, 1.54) is 16.6 Å². The van der Waals surface area contributed by atoms with E-state index < -0.39 is 0 Å². The van der Waals surface area contributed by atoms with Crippen molar-refractivity contribution in [1.29, 1.82) is 0 Å². The first-order valence-electron chi connectivity index (χ1n) is 11.3. The van der Waals surface area contributed by atoms with Crippen molar-refractivity contribution in [3.8, 4) is 11.4 Å². The number of thioether (sulfide) groups is 1. The number of ether oxygens (including phenoxy) is 1. The van der Waals surface area contributed by atoms with Crippen molar-refractivity contribution in [2.24, 2.45) is 0 Å². The van der Waals surface area contributed by atoms with Gasteiger partial charge >= 0.3 is 0 Å². The summed E-state index contributed by atoms with van der Waals surface area (Å²) in [6.07, 6.45) is 4.14. The van der Waals surface area contributed by atoms with E-state index in [0.29, 0.717) is 28.5 Å². The Morgan fingerprint density at radius 3 is 2.71 bits per heavy atom. The lowest BCUT2D eigenvalue weighted by Crippen LogP contribution is -2.26. The molecule has 1 aliphatic rings. The Morgan fingerprint density at radius 2 is 1.88 bits per heavy atom. The quantitative estimate of drug-likeness (QED) is 0.299. The molecule has 2 heterocycles. The summed E-state index contributed by atoms with van der Waals surface area (Å²) in [5.41, 5.74) is 2.72. The summed E-state index contributed by atoms with van der Waals surface area (Å²) in [6, 6.07) is 17.2. The van der Waals surface area contributed by atoms with Gasteiger partial charge in [-0.05, 0) is 48.9 Å². The van der Waals surface area contributed by atoms with Crippen molar-refractivity contribution < 1.29 is 9.53 Å². The fraction of sp³-hybridized carbons (Fsp3) is 0.269. The molecule has 174 valence electrons. The van der Waals surface area contributed by atoms with Gasteiger partial charge in [0, 0.05) is 11.4 Å². The van der Waals surface area contributed by atoms with Gasteiger partial charge in [-0.3, -0.25) is 14.2 Å². The number of aryl methyl sites for hydroxylation is 2. The fourth-order valence-corrected chi connectivity index (χ4v) is 6.43. The summed E-state index contributed by atoms with van der Waals surface area (Å²) in [4.78, 5) is 33.4. The van der Waals surface area contributed by atoms with Crippen LogP contribution in [0.1, 0.15) is 28.8 Å². The Morgan fingerprint density at radius 1 is 1.12 bits per heavy atom. The first-order chi connectivity index (χ1) is 16.7. The zero-order chi connectivity index (χ0) is 23.5. The van der Waals surface area contributed by atoms with Crippen molar-refractivity contribution in [2.45, 2.75) is 37.4 Å². The third kappa shape index (κ3) is 4.48. The highest BCUT2D eigenvalue weighted by atomic mass is 32.2. The normalized spacial score (nSPS) is 13.0. The molecule has 1 aliphatic carbocycles. The molecule has 0 atom stereocenters. The molecule has 4 aromatic rings. The summed E-state index contributed by atoms with van der Waals surface area (Å²) in [6.45, 7) is 0.462. The van der Waals surface area contributed by atoms with E-state index in [0.717, 1.165) is 41.6 Å². The average molecular weight is 492 g/mol. The zero-order valence-corrected chi connectivity index (χ0v) is 20.5. The van der Waals surface area contributed by atoms with Gasteiger partial charge in [-0.1, -0.05) is 54.2 Å². The summed E-state index contributed by atoms with van der Waals surface area (Å²) in [5.74, 6) is 0.635. The molecule has 0 spiro atoms. The highest BCUT2D eigenvalue weighted by Crippen LogP contribution is 2.36. The van der Waals surface area contributed by atoms with Crippen LogP contribution in [0.4, 0.5) is 0 Å². The SMILES string of the molecule is COc1ccccc1-n1c(SCC(=O)NCc2ccccc2)nc2sc3c(c2c1=O)CCCC3. The van der Waals surface area contributed by atoms with E-state index in [1.807, 2.05) is 54.6 Å². The molecule has 0 aliphatic heterocycles. The number of nitrogens with one attached hydrogen (secondary N) is 1. The third-order valence-electron chi connectivity index (χ3n) is 5.95. The molecule has 0 saturated carbocycles. The van der Waals surface area contributed by atoms with Crippen molar-refractivity contribution in [1.82, 2.24) is 14.9 Å². The molecule has 8 heteroatoms. The molecule has 0 saturated heterocycles. The van der Waals surface area contributed by atoms with Crippen LogP contribution in [0.25, 0.3) is 15.9 Å². The highest BCUT2D eigenvalue weighted by molar-refractivity contribution is 7.99. The Labute approximate surface area is 206 Å². The Balaban J connectivity index is 1.51. The second kappa shape index (κ2) is 10.0. The number of benzene rings is 2. The zero-order valence-electron chi connectivity index (χ0n) is 18.9. The fourth-order valence-electron chi connectivity index (χ4n) is 4.29. The summed E-state index contributed by atoms with van der Waals surface area (Å²) in [7, 11) is 1.59. The molecule has 2 aromatic carbocycles. The molecule has 0 bridgehead atoms. The minimum atomic E-state index is -0.111. The Kier molecular flexibility index (Phi) is 6.69. The van der Waals surface area contributed by atoms with Crippen LogP contribution < -0.4 is 15.6 Å². The lowest BCUT2D eigenvalue weighted by molar-refractivity contribution is -0.118. The van der Waals surface area contributed by atoms with Gasteiger partial charge in [0.1, 0.15) is 10.6 Å². The number of carbonyl (C=O) groups is 1. The summed E-state index contributed by atoms with van der Waals surface area (Å²) < 4.78 is 7.16. The molecule has 0 radical (unpaired) electrons. The summed E-state index contributed by atoms with van der Waals surface area (Å²) >= 11 is 2.88. The number of amides is 1. The van der Waals surface area contributed by atoms with E-state index in [9.17, 15) is 9.59 Å². The van der Waals surface area contributed by atoms with Crippen molar-refractivity contribution >= 4 is 39.2 Å². The van der Waals surface area contributed by atoms with Gasteiger partial charge in [0.05, 0.1) is 23.9 Å². The predicted molar refractivity (Wildman–Crippen MR) is 137 cm³/mol. The predicted octanol–water partition coefficient (Wildman–Crippen LogP) is 4.74. The van der Waals surface area contributed by atoms with Crippen LogP contribution >= 0.6 is 23.1 Å². The number of hydrogen-bond donors (Lipinski definition) is 1. The Hall–Kier alpha value is -3.10. The largest absolute Gasteiger partial charge is 0.495 e. The number of methoxy groups -OCH3 is 1. The van der Waals surface area contributed by atoms with Crippen molar-refractivity contribution in [2.75, 3.05) is 12.9 Å². The standard InChI is InChI=1S/C26H25N3O3S2/c1-32-20-13-7-6-12-19(20)29-25(31)23-18-11-5-8-14-21(18)34-24(23)28-26(29)33-16-22(30)27-15-17-9-3-2-4-10-17/h2-4,6-7,9-10,12-13H,5,8,11,14-16H2,1H3,(H,27,30). The van der Waals surface area contributed by atoms with Gasteiger partial charge in [-0.15, -0.1) is 11.3 Å². The molecule has 5 rings (SSSR count). The lowest BCUT2D eigenvalue weighted by Gasteiger charge is -2.15. The van der Waals surface area contributed by atoms with Crippen LogP contribution in [0.2, 0.25) is 0 Å². The molecule has 34 heavy (non-hydrogen) atoms. The van der Waals surface area contributed by atoms with Gasteiger partial charge in [0.2, 0.25) is 5.91 Å². The van der Waals surface area contributed by atoms with E-state index >= 15 is 0 Å². The summed E-state index contributed by atoms with van der Waals surface area (Å²) in [5, 5.41) is 4.15. The Bertz CT molecular complexity index is 1400. The van der Waals surface area contributed by atoms with Gasteiger partial charge in [0.15, 0.2) is 5.16 Å². The second-order valence-corrected chi connectivity index (χ2v) is 10.2. The van der Waals surface area contributed by atoms with Crippen LogP contribution in [0, 0.1) is 0 Å². The van der Waals surface area contributed by atoms with E-state index in [1.54, 1.807) is 23.0 Å². The minimum Gasteiger partial charge on any atom is -0.495 e. The number of aromatic nitrogens is 2. The maximum absolute atomic E-state index is 13.9. The van der Waals surface area contributed by atoms with Gasteiger partial charge < -0.3 is 10.1 Å². The molecular weight excluding hydrogens is 466 g/mol. The third-order valence-corrected chi connectivity index (χ3v) is 8.07. The lowest BCUT2D eigenvalue weighted by atomic mass is 9.97. The second-order valence-electron chi connectivity index (χ2n) is 8.15. The highest BCUT2D eigenvalue weighted by Gasteiger charge is 2.24. The van der Waals surface area contributed by atoms with Crippen molar-refractivity contribution in [3.05, 3.63) is 81.0 Å². The first-order valence-corrected chi connectivity index (χ1v) is 13.1. The smallest absolute Gasteiger partial charge is 0.267 e. The van der Waals surface area contributed by atoms with Crippen LogP contribution in [0.15, 0.2) is 64.5 Å². The molecule has 0 fully saturated rings. The monoisotopic (exact) mass is 491 g/mol. The topological polar surface area (TPSA) is 73.2 Å². The average Bonchev–Trinajstić information content (AvgIpc) is 3.25. The van der Waals surface area contributed by atoms with Crippen LogP contribution in [0.3, 0.4) is 0 Å². The number of hydrogen-bond acceptors (Lipinski definition) is 6. The van der Waals surface area contributed by atoms with Gasteiger partial charge in [0.25, 0.3) is 5.56 Å².